The fourth-order valence-corrected chi connectivity index (χ4v) is 5.25. The summed E-state index contributed by atoms with van der Waals surface area (Å²) in [7, 11) is -3.41. The smallest absolute Gasteiger partial charge is 0.254 e. The van der Waals surface area contributed by atoms with Gasteiger partial charge in [0.25, 0.3) is 10.0 Å². The van der Waals surface area contributed by atoms with Gasteiger partial charge in [0.2, 0.25) is 0 Å². The van der Waals surface area contributed by atoms with Gasteiger partial charge in [-0.1, -0.05) is 6.92 Å². The lowest BCUT2D eigenvalue weighted by Gasteiger charge is -2.15. The normalized spacial score (nSPS) is 20.2. The summed E-state index contributed by atoms with van der Waals surface area (Å²) < 4.78 is 29.0. The average Bonchev–Trinajstić information content (AvgIpc) is 3.18. The lowest BCUT2D eigenvalue weighted by molar-refractivity contribution is 0.435. The molecule has 2 aromatic heterocycles. The monoisotopic (exact) mass is 326 g/mol. The molecule has 1 saturated heterocycles. The number of hydrogen-bond acceptors (Lipinski definition) is 5. The second-order valence-corrected chi connectivity index (χ2v) is 8.51. The van der Waals surface area contributed by atoms with Crippen molar-refractivity contribution in [3.63, 3.8) is 0 Å². The summed E-state index contributed by atoms with van der Waals surface area (Å²) in [4.78, 5) is 4.15. The van der Waals surface area contributed by atoms with Crippen molar-refractivity contribution in [2.24, 2.45) is 0 Å². The van der Waals surface area contributed by atoms with E-state index in [4.69, 9.17) is 0 Å². The van der Waals surface area contributed by atoms with Crippen molar-refractivity contribution in [2.75, 3.05) is 13.1 Å². The van der Waals surface area contributed by atoms with E-state index >= 15 is 0 Å². The van der Waals surface area contributed by atoms with E-state index in [1.807, 2.05) is 24.7 Å². The Labute approximate surface area is 128 Å². The minimum absolute atomic E-state index is 0.118. The number of aromatic nitrogens is 3. The van der Waals surface area contributed by atoms with Crippen LogP contribution < -0.4 is 0 Å². The molecule has 2 aromatic rings. The van der Waals surface area contributed by atoms with Gasteiger partial charge in [-0.2, -0.15) is 9.40 Å². The zero-order chi connectivity index (χ0) is 15.0. The molecule has 3 rings (SSSR count). The summed E-state index contributed by atoms with van der Waals surface area (Å²) in [5.41, 5.74) is 1.09. The second-order valence-electron chi connectivity index (χ2n) is 5.23. The maximum atomic E-state index is 12.6. The zero-order valence-corrected chi connectivity index (χ0v) is 13.7. The van der Waals surface area contributed by atoms with Gasteiger partial charge >= 0.3 is 0 Å². The van der Waals surface area contributed by atoms with E-state index in [1.165, 1.54) is 17.5 Å². The number of sulfonamides is 1. The molecular weight excluding hydrogens is 308 g/mol. The largest absolute Gasteiger partial charge is 0.268 e. The van der Waals surface area contributed by atoms with Crippen molar-refractivity contribution in [3.05, 3.63) is 29.2 Å². The maximum absolute atomic E-state index is 12.6. The fourth-order valence-electron chi connectivity index (χ4n) is 2.48. The highest BCUT2D eigenvalue weighted by Crippen LogP contribution is 2.29. The SMILES string of the molecule is CCc1ncc(S(=O)(=O)N2CCC(n3cc(C)cn3)C2)s1. The first kappa shape index (κ1) is 14.7. The van der Waals surface area contributed by atoms with Crippen LogP contribution in [0.4, 0.5) is 0 Å². The van der Waals surface area contributed by atoms with E-state index in [2.05, 4.69) is 10.1 Å². The summed E-state index contributed by atoms with van der Waals surface area (Å²) in [5, 5.41) is 5.14. The van der Waals surface area contributed by atoms with Gasteiger partial charge in [0, 0.05) is 19.3 Å². The van der Waals surface area contributed by atoms with Gasteiger partial charge in [-0.15, -0.1) is 11.3 Å². The van der Waals surface area contributed by atoms with Crippen LogP contribution in [-0.4, -0.2) is 40.6 Å². The van der Waals surface area contributed by atoms with Gasteiger partial charge in [0.1, 0.15) is 0 Å². The highest BCUT2D eigenvalue weighted by Gasteiger charge is 2.34. The minimum atomic E-state index is -3.41. The topological polar surface area (TPSA) is 68.1 Å². The van der Waals surface area contributed by atoms with Crippen molar-refractivity contribution >= 4 is 21.4 Å². The summed E-state index contributed by atoms with van der Waals surface area (Å²) in [5.74, 6) is 0. The van der Waals surface area contributed by atoms with Gasteiger partial charge < -0.3 is 0 Å². The molecule has 0 aromatic carbocycles. The standard InChI is InChI=1S/C13H18N4O2S2/c1-3-12-14-7-13(20-12)21(18,19)16-5-4-11(9-16)17-8-10(2)6-15-17/h6-8,11H,3-5,9H2,1-2H3. The van der Waals surface area contributed by atoms with Gasteiger partial charge in [0.15, 0.2) is 4.21 Å². The third-order valence-corrected chi connectivity index (χ3v) is 7.10. The Morgan fingerprint density at radius 1 is 1.43 bits per heavy atom. The molecular formula is C13H18N4O2S2. The number of rotatable bonds is 4. The van der Waals surface area contributed by atoms with Crippen molar-refractivity contribution in [2.45, 2.75) is 36.9 Å². The zero-order valence-electron chi connectivity index (χ0n) is 12.1. The number of thiazole rings is 1. The maximum Gasteiger partial charge on any atom is 0.254 e. The Kier molecular flexibility index (Phi) is 3.85. The first-order chi connectivity index (χ1) is 10.0. The minimum Gasteiger partial charge on any atom is -0.268 e. The van der Waals surface area contributed by atoms with E-state index in [0.717, 1.165) is 23.4 Å². The fraction of sp³-hybridized carbons (Fsp3) is 0.538. The van der Waals surface area contributed by atoms with Gasteiger partial charge in [-0.05, 0) is 25.3 Å². The van der Waals surface area contributed by atoms with Crippen molar-refractivity contribution in [3.8, 4) is 0 Å². The molecule has 0 saturated carbocycles. The molecule has 8 heteroatoms. The third-order valence-electron chi connectivity index (χ3n) is 3.66. The quantitative estimate of drug-likeness (QED) is 0.860. The first-order valence-electron chi connectivity index (χ1n) is 6.96. The molecule has 0 N–H and O–H groups in total. The van der Waals surface area contributed by atoms with Crippen LogP contribution in [0.3, 0.4) is 0 Å². The van der Waals surface area contributed by atoms with Crippen molar-refractivity contribution < 1.29 is 8.42 Å². The molecule has 0 radical (unpaired) electrons. The first-order valence-corrected chi connectivity index (χ1v) is 9.22. The Morgan fingerprint density at radius 3 is 2.86 bits per heavy atom. The molecule has 1 fully saturated rings. The average molecular weight is 326 g/mol. The van der Waals surface area contributed by atoms with Crippen LogP contribution >= 0.6 is 11.3 Å². The molecule has 6 nitrogen and oxygen atoms in total. The van der Waals surface area contributed by atoms with Crippen molar-refractivity contribution in [1.29, 1.82) is 0 Å². The van der Waals surface area contributed by atoms with E-state index in [9.17, 15) is 8.42 Å². The Morgan fingerprint density at radius 2 is 2.24 bits per heavy atom. The van der Waals surface area contributed by atoms with Crippen LogP contribution in [0.1, 0.15) is 30.0 Å². The van der Waals surface area contributed by atoms with Gasteiger partial charge in [0.05, 0.1) is 23.4 Å². The molecule has 21 heavy (non-hydrogen) atoms. The molecule has 1 aliphatic rings. The summed E-state index contributed by atoms with van der Waals surface area (Å²) in [6.07, 6.45) is 6.79. The molecule has 0 spiro atoms. The summed E-state index contributed by atoms with van der Waals surface area (Å²) >= 11 is 1.26. The van der Waals surface area contributed by atoms with E-state index in [-0.39, 0.29) is 6.04 Å². The molecule has 114 valence electrons. The van der Waals surface area contributed by atoms with Crippen LogP contribution in [0, 0.1) is 6.92 Å². The lowest BCUT2D eigenvalue weighted by Crippen LogP contribution is -2.28. The number of aryl methyl sites for hydroxylation is 2. The molecule has 1 aliphatic heterocycles. The van der Waals surface area contributed by atoms with E-state index in [0.29, 0.717) is 17.3 Å². The number of hydrogen-bond donors (Lipinski definition) is 0. The lowest BCUT2D eigenvalue weighted by atomic mass is 10.3. The Balaban J connectivity index is 1.78. The van der Waals surface area contributed by atoms with Crippen LogP contribution in [-0.2, 0) is 16.4 Å². The van der Waals surface area contributed by atoms with Crippen LogP contribution in [0.5, 0.6) is 0 Å². The molecule has 0 amide bonds. The van der Waals surface area contributed by atoms with Crippen LogP contribution in [0.15, 0.2) is 22.8 Å². The number of nitrogens with zero attached hydrogens (tertiary/aromatic N) is 4. The van der Waals surface area contributed by atoms with Gasteiger partial charge in [-0.25, -0.2) is 13.4 Å². The van der Waals surface area contributed by atoms with Crippen LogP contribution in [0.25, 0.3) is 0 Å². The van der Waals surface area contributed by atoms with E-state index < -0.39 is 10.0 Å². The van der Waals surface area contributed by atoms with E-state index in [1.54, 1.807) is 10.5 Å². The molecule has 0 bridgehead atoms. The molecule has 1 atom stereocenters. The highest BCUT2D eigenvalue weighted by atomic mass is 32.2. The predicted octanol–water partition coefficient (Wildman–Crippen LogP) is 1.85. The summed E-state index contributed by atoms with van der Waals surface area (Å²) in [6, 6.07) is 0.118. The molecule has 0 aliphatic carbocycles. The molecule has 1 unspecified atom stereocenters. The Hall–Kier alpha value is -1.25. The molecule has 3 heterocycles. The van der Waals surface area contributed by atoms with Crippen LogP contribution in [0.2, 0.25) is 0 Å². The highest BCUT2D eigenvalue weighted by molar-refractivity contribution is 7.91. The second kappa shape index (κ2) is 5.51. The third kappa shape index (κ3) is 2.75. The Bertz CT molecular complexity index is 735. The van der Waals surface area contributed by atoms with Gasteiger partial charge in [-0.3, -0.25) is 4.68 Å². The summed E-state index contributed by atoms with van der Waals surface area (Å²) in [6.45, 7) is 4.96. The van der Waals surface area contributed by atoms with Crippen molar-refractivity contribution in [1.82, 2.24) is 19.1 Å². The predicted molar refractivity (Wildman–Crippen MR) is 80.9 cm³/mol.